The number of nitrogens with two attached hydrogens (primary N) is 1. The Kier molecular flexibility index (Phi) is 3.32. The molecule has 3 N–H and O–H groups in total. The first-order valence-electron chi connectivity index (χ1n) is 4.45. The van der Waals surface area contributed by atoms with Crippen molar-refractivity contribution >= 4 is 0 Å². The molecule has 0 bridgehead atoms. The summed E-state index contributed by atoms with van der Waals surface area (Å²) in [5, 5.41) is 9.22. The quantitative estimate of drug-likeness (QED) is 0.590. The van der Waals surface area contributed by atoms with Crippen molar-refractivity contribution in [3.63, 3.8) is 0 Å². The molecule has 0 amide bonds. The van der Waals surface area contributed by atoms with E-state index >= 15 is 0 Å². The van der Waals surface area contributed by atoms with Gasteiger partial charge in [-0.2, -0.15) is 22.0 Å². The van der Waals surface area contributed by atoms with E-state index < -0.39 is 36.0 Å². The van der Waals surface area contributed by atoms with Crippen molar-refractivity contribution in [2.45, 2.75) is 30.4 Å². The molecule has 0 aromatic rings. The Balaban J connectivity index is 2.96. The van der Waals surface area contributed by atoms with E-state index in [1.807, 2.05) is 0 Å². The molecule has 0 fully saturated rings. The Bertz CT molecular complexity index is 357. The molecular weight excluding hydrogens is 252 g/mol. The standard InChI is InChI=1S/C9H9F6NO/c10-6(8(11,12)9(13,14)15)5-2-1-3-7(16,17)4-5/h1-3,6,17H,4,16H2. The molecule has 0 aromatic carbocycles. The van der Waals surface area contributed by atoms with Crippen LogP contribution in [0.1, 0.15) is 6.42 Å². The van der Waals surface area contributed by atoms with Gasteiger partial charge in [0.05, 0.1) is 0 Å². The number of allylic oxidation sites excluding steroid dienone is 2. The van der Waals surface area contributed by atoms with Crippen LogP contribution >= 0.6 is 0 Å². The summed E-state index contributed by atoms with van der Waals surface area (Å²) in [6, 6.07) is 0. The SMILES string of the molecule is NC1(O)C=CC=C(C(F)C(F)(F)C(F)(F)F)C1. The van der Waals surface area contributed by atoms with E-state index in [0.29, 0.717) is 0 Å². The second-order valence-corrected chi connectivity index (χ2v) is 3.75. The van der Waals surface area contributed by atoms with Gasteiger partial charge in [-0.3, -0.25) is 0 Å². The maximum Gasteiger partial charge on any atom is 0.456 e. The lowest BCUT2D eigenvalue weighted by atomic mass is 9.92. The minimum atomic E-state index is -6.00. The van der Waals surface area contributed by atoms with Crippen LogP contribution in [0.4, 0.5) is 26.3 Å². The number of rotatable bonds is 2. The van der Waals surface area contributed by atoms with E-state index in [1.165, 1.54) is 0 Å². The summed E-state index contributed by atoms with van der Waals surface area (Å²) in [5.74, 6) is -5.51. The van der Waals surface area contributed by atoms with Crippen molar-refractivity contribution in [3.8, 4) is 0 Å². The second-order valence-electron chi connectivity index (χ2n) is 3.75. The second kappa shape index (κ2) is 4.02. The molecule has 2 unspecified atom stereocenters. The zero-order valence-corrected chi connectivity index (χ0v) is 8.31. The number of alkyl halides is 6. The Labute approximate surface area is 92.4 Å². The average Bonchev–Trinajstić information content (AvgIpc) is 2.13. The number of aliphatic hydroxyl groups is 1. The highest BCUT2D eigenvalue weighted by atomic mass is 19.4. The highest BCUT2D eigenvalue weighted by Crippen LogP contribution is 2.43. The molecular formula is C9H9F6NO. The third kappa shape index (κ3) is 2.81. The summed E-state index contributed by atoms with van der Waals surface area (Å²) in [6.45, 7) is 0. The van der Waals surface area contributed by atoms with Crippen molar-refractivity contribution in [2.75, 3.05) is 0 Å². The largest absolute Gasteiger partial charge is 0.456 e. The molecule has 98 valence electrons. The zero-order chi connectivity index (χ0) is 13.5. The van der Waals surface area contributed by atoms with Gasteiger partial charge in [0.15, 0.2) is 6.17 Å². The molecule has 2 nitrogen and oxygen atoms in total. The third-order valence-electron chi connectivity index (χ3n) is 2.20. The first-order chi connectivity index (χ1) is 7.47. The van der Waals surface area contributed by atoms with Gasteiger partial charge in [-0.1, -0.05) is 12.2 Å². The molecule has 0 aromatic heterocycles. The van der Waals surface area contributed by atoms with Crippen LogP contribution in [-0.4, -0.2) is 29.1 Å². The van der Waals surface area contributed by atoms with Crippen molar-refractivity contribution in [3.05, 3.63) is 23.8 Å². The van der Waals surface area contributed by atoms with Gasteiger partial charge in [-0.15, -0.1) is 0 Å². The van der Waals surface area contributed by atoms with Gasteiger partial charge in [-0.25, -0.2) is 4.39 Å². The lowest BCUT2D eigenvalue weighted by molar-refractivity contribution is -0.298. The minimum absolute atomic E-state index is 0.742. The Morgan fingerprint density at radius 3 is 2.24 bits per heavy atom. The highest BCUT2D eigenvalue weighted by molar-refractivity contribution is 5.28. The fourth-order valence-corrected chi connectivity index (χ4v) is 1.33. The van der Waals surface area contributed by atoms with E-state index in [9.17, 15) is 31.4 Å². The summed E-state index contributed by atoms with van der Waals surface area (Å²) in [6.07, 6.45) is -7.75. The maximum atomic E-state index is 13.2. The van der Waals surface area contributed by atoms with Gasteiger partial charge in [0.25, 0.3) is 0 Å². The molecule has 0 saturated heterocycles. The summed E-state index contributed by atoms with van der Waals surface area (Å²) < 4.78 is 74.2. The van der Waals surface area contributed by atoms with Gasteiger partial charge in [-0.05, 0) is 11.6 Å². The Morgan fingerprint density at radius 1 is 1.29 bits per heavy atom. The van der Waals surface area contributed by atoms with Crippen molar-refractivity contribution in [2.24, 2.45) is 5.73 Å². The van der Waals surface area contributed by atoms with E-state index in [4.69, 9.17) is 5.73 Å². The van der Waals surface area contributed by atoms with E-state index in [2.05, 4.69) is 0 Å². The fraction of sp³-hybridized carbons (Fsp3) is 0.556. The van der Waals surface area contributed by atoms with Gasteiger partial charge in [0, 0.05) is 6.42 Å². The van der Waals surface area contributed by atoms with Crippen LogP contribution in [0.25, 0.3) is 0 Å². The van der Waals surface area contributed by atoms with Crippen LogP contribution in [0.15, 0.2) is 23.8 Å². The van der Waals surface area contributed by atoms with Crippen LogP contribution in [0.2, 0.25) is 0 Å². The monoisotopic (exact) mass is 261 g/mol. The molecule has 8 heteroatoms. The van der Waals surface area contributed by atoms with Crippen LogP contribution in [0.5, 0.6) is 0 Å². The van der Waals surface area contributed by atoms with Crippen molar-refractivity contribution in [1.29, 1.82) is 0 Å². The predicted molar refractivity (Wildman–Crippen MR) is 46.9 cm³/mol. The maximum absolute atomic E-state index is 13.2. The van der Waals surface area contributed by atoms with Gasteiger partial charge in [0.1, 0.15) is 5.72 Å². The van der Waals surface area contributed by atoms with Gasteiger partial charge >= 0.3 is 12.1 Å². The molecule has 1 rings (SSSR count). The summed E-state index contributed by atoms with van der Waals surface area (Å²) >= 11 is 0. The van der Waals surface area contributed by atoms with Crippen molar-refractivity contribution < 1.29 is 31.4 Å². The highest BCUT2D eigenvalue weighted by Gasteiger charge is 2.64. The molecule has 2 atom stereocenters. The topological polar surface area (TPSA) is 46.2 Å². The molecule has 17 heavy (non-hydrogen) atoms. The van der Waals surface area contributed by atoms with Crippen LogP contribution in [-0.2, 0) is 0 Å². The van der Waals surface area contributed by atoms with E-state index in [1.54, 1.807) is 0 Å². The Hall–Kier alpha value is -1.02. The normalized spacial score (nSPS) is 27.9. The summed E-state index contributed by atoms with van der Waals surface area (Å²) in [7, 11) is 0. The molecule has 0 aliphatic heterocycles. The molecule has 0 radical (unpaired) electrons. The average molecular weight is 261 g/mol. The molecule has 0 saturated carbocycles. The minimum Gasteiger partial charge on any atom is -0.372 e. The summed E-state index contributed by atoms with van der Waals surface area (Å²) in [4.78, 5) is 0. The number of hydrogen-bond acceptors (Lipinski definition) is 2. The molecule has 0 heterocycles. The van der Waals surface area contributed by atoms with Gasteiger partial charge < -0.3 is 10.8 Å². The van der Waals surface area contributed by atoms with E-state index in [0.717, 1.165) is 18.2 Å². The summed E-state index contributed by atoms with van der Waals surface area (Å²) in [5.41, 5.74) is 2.08. The molecule has 0 spiro atoms. The first kappa shape index (κ1) is 14.0. The smallest absolute Gasteiger partial charge is 0.372 e. The number of hydrogen-bond donors (Lipinski definition) is 2. The Morgan fingerprint density at radius 2 is 1.82 bits per heavy atom. The lowest BCUT2D eigenvalue weighted by Crippen LogP contribution is -2.48. The number of halogens is 6. The first-order valence-corrected chi connectivity index (χ1v) is 4.45. The lowest BCUT2D eigenvalue weighted by Gasteiger charge is -2.29. The van der Waals surface area contributed by atoms with Crippen LogP contribution < -0.4 is 5.73 Å². The van der Waals surface area contributed by atoms with Crippen molar-refractivity contribution in [1.82, 2.24) is 0 Å². The fourth-order valence-electron chi connectivity index (χ4n) is 1.33. The van der Waals surface area contributed by atoms with E-state index in [-0.39, 0.29) is 0 Å². The van der Waals surface area contributed by atoms with Gasteiger partial charge in [0.2, 0.25) is 0 Å². The zero-order valence-electron chi connectivity index (χ0n) is 8.31. The molecule has 1 aliphatic carbocycles. The predicted octanol–water partition coefficient (Wildman–Crippen LogP) is 2.06. The van der Waals surface area contributed by atoms with Crippen LogP contribution in [0, 0.1) is 0 Å². The molecule has 1 aliphatic rings. The van der Waals surface area contributed by atoms with Crippen LogP contribution in [0.3, 0.4) is 0 Å². The third-order valence-corrected chi connectivity index (χ3v) is 2.20.